The number of esters is 1. The van der Waals surface area contributed by atoms with Crippen LogP contribution in [-0.4, -0.2) is 32.7 Å². The summed E-state index contributed by atoms with van der Waals surface area (Å²) in [5, 5.41) is 3.30. The first-order chi connectivity index (χ1) is 9.52. The Kier molecular flexibility index (Phi) is 4.53. The number of fused-ring (bicyclic) bond motifs is 1. The van der Waals surface area contributed by atoms with Crippen molar-refractivity contribution in [2.45, 2.75) is 32.7 Å². The highest BCUT2D eigenvalue weighted by Crippen LogP contribution is 2.29. The number of carbonyl (C=O) groups is 1. The molecule has 2 rings (SSSR count). The van der Waals surface area contributed by atoms with E-state index < -0.39 is 0 Å². The number of aryl methyl sites for hydroxylation is 1. The Balaban J connectivity index is 2.19. The molecule has 0 saturated heterocycles. The second kappa shape index (κ2) is 6.16. The molecule has 0 saturated carbocycles. The van der Waals surface area contributed by atoms with Crippen molar-refractivity contribution in [3.63, 3.8) is 0 Å². The van der Waals surface area contributed by atoms with Crippen molar-refractivity contribution in [2.75, 3.05) is 30.9 Å². The first-order valence-electron chi connectivity index (χ1n) is 7.21. The monoisotopic (exact) mass is 276 g/mol. The Morgan fingerprint density at radius 1 is 1.40 bits per heavy atom. The third-order valence-corrected chi connectivity index (χ3v) is 3.87. The molecule has 1 aliphatic rings. The standard InChI is InChI=1S/C16H24N2O2/c1-11(2)15(16(19)20-4)17-13-7-8-14-12(10-13)6-5-9-18(14)3/h7-8,10-11,15,17H,5-6,9H2,1-4H3. The number of ether oxygens (including phenoxy) is 1. The van der Waals surface area contributed by atoms with Crippen molar-refractivity contribution in [3.05, 3.63) is 23.8 Å². The number of rotatable bonds is 4. The summed E-state index contributed by atoms with van der Waals surface area (Å²) in [5.74, 6) is -0.0315. The number of carbonyl (C=O) groups excluding carboxylic acids is 1. The molecule has 0 radical (unpaired) electrons. The lowest BCUT2D eigenvalue weighted by atomic mass is 10.00. The van der Waals surface area contributed by atoms with E-state index >= 15 is 0 Å². The lowest BCUT2D eigenvalue weighted by Crippen LogP contribution is -2.35. The third-order valence-electron chi connectivity index (χ3n) is 3.87. The zero-order valence-corrected chi connectivity index (χ0v) is 12.8. The van der Waals surface area contributed by atoms with E-state index in [9.17, 15) is 4.79 Å². The van der Waals surface area contributed by atoms with Crippen LogP contribution >= 0.6 is 0 Å². The van der Waals surface area contributed by atoms with Gasteiger partial charge in [-0.15, -0.1) is 0 Å². The molecule has 20 heavy (non-hydrogen) atoms. The lowest BCUT2D eigenvalue weighted by molar-refractivity contribution is -0.142. The molecule has 0 spiro atoms. The van der Waals surface area contributed by atoms with Crippen LogP contribution in [0.1, 0.15) is 25.8 Å². The zero-order valence-electron chi connectivity index (χ0n) is 12.8. The molecule has 1 heterocycles. The number of benzene rings is 1. The van der Waals surface area contributed by atoms with Gasteiger partial charge in [0.1, 0.15) is 6.04 Å². The number of nitrogens with zero attached hydrogens (tertiary/aromatic N) is 1. The van der Waals surface area contributed by atoms with Gasteiger partial charge >= 0.3 is 5.97 Å². The Hall–Kier alpha value is -1.71. The normalized spacial score (nSPS) is 15.8. The number of anilines is 2. The molecule has 1 aliphatic heterocycles. The number of nitrogens with one attached hydrogen (secondary N) is 1. The summed E-state index contributed by atoms with van der Waals surface area (Å²) in [6, 6.07) is 6.02. The van der Waals surface area contributed by atoms with Gasteiger partial charge < -0.3 is 15.0 Å². The molecular weight excluding hydrogens is 252 g/mol. The number of hydrogen-bond donors (Lipinski definition) is 1. The van der Waals surface area contributed by atoms with Crippen LogP contribution in [-0.2, 0) is 16.0 Å². The topological polar surface area (TPSA) is 41.6 Å². The highest BCUT2D eigenvalue weighted by atomic mass is 16.5. The van der Waals surface area contributed by atoms with Crippen molar-refractivity contribution in [2.24, 2.45) is 5.92 Å². The highest BCUT2D eigenvalue weighted by Gasteiger charge is 2.23. The van der Waals surface area contributed by atoms with Crippen LogP contribution in [0.25, 0.3) is 0 Å². The van der Waals surface area contributed by atoms with Gasteiger partial charge in [0.15, 0.2) is 0 Å². The molecule has 4 nitrogen and oxygen atoms in total. The van der Waals surface area contributed by atoms with Crippen LogP contribution in [0.4, 0.5) is 11.4 Å². The second-order valence-electron chi connectivity index (χ2n) is 5.76. The smallest absolute Gasteiger partial charge is 0.328 e. The van der Waals surface area contributed by atoms with Gasteiger partial charge in [0.2, 0.25) is 0 Å². The fraction of sp³-hybridized carbons (Fsp3) is 0.562. The van der Waals surface area contributed by atoms with Crippen molar-refractivity contribution < 1.29 is 9.53 Å². The van der Waals surface area contributed by atoms with E-state index in [0.29, 0.717) is 0 Å². The molecule has 1 aromatic carbocycles. The Bertz CT molecular complexity index is 485. The van der Waals surface area contributed by atoms with Crippen molar-refractivity contribution in [3.8, 4) is 0 Å². The summed E-state index contributed by atoms with van der Waals surface area (Å²) in [6.07, 6.45) is 2.28. The summed E-state index contributed by atoms with van der Waals surface area (Å²) in [4.78, 5) is 14.1. The van der Waals surface area contributed by atoms with E-state index in [4.69, 9.17) is 4.74 Å². The average Bonchev–Trinajstić information content (AvgIpc) is 2.43. The predicted octanol–water partition coefficient (Wildman–Crippen LogP) is 2.68. The number of methoxy groups -OCH3 is 1. The predicted molar refractivity (Wildman–Crippen MR) is 82.3 cm³/mol. The van der Waals surface area contributed by atoms with Gasteiger partial charge in [-0.25, -0.2) is 4.79 Å². The minimum absolute atomic E-state index is 0.182. The van der Waals surface area contributed by atoms with Gasteiger partial charge in [-0.05, 0) is 42.5 Å². The minimum atomic E-state index is -0.306. The van der Waals surface area contributed by atoms with Crippen LogP contribution in [0.15, 0.2) is 18.2 Å². The first kappa shape index (κ1) is 14.7. The minimum Gasteiger partial charge on any atom is -0.467 e. The molecule has 4 heteroatoms. The van der Waals surface area contributed by atoms with Crippen LogP contribution in [0, 0.1) is 5.92 Å². The zero-order chi connectivity index (χ0) is 14.7. The van der Waals surface area contributed by atoms with Gasteiger partial charge in [-0.1, -0.05) is 13.8 Å². The molecule has 1 N–H and O–H groups in total. The van der Waals surface area contributed by atoms with Crippen LogP contribution in [0.5, 0.6) is 0 Å². The fourth-order valence-electron chi connectivity index (χ4n) is 2.68. The Labute approximate surface area is 121 Å². The molecular formula is C16H24N2O2. The van der Waals surface area contributed by atoms with Crippen molar-refractivity contribution in [1.29, 1.82) is 0 Å². The van der Waals surface area contributed by atoms with Gasteiger partial charge in [-0.3, -0.25) is 0 Å². The number of hydrogen-bond acceptors (Lipinski definition) is 4. The van der Waals surface area contributed by atoms with Gasteiger partial charge in [0, 0.05) is 25.0 Å². The second-order valence-corrected chi connectivity index (χ2v) is 5.76. The summed E-state index contributed by atoms with van der Waals surface area (Å²) < 4.78 is 4.87. The van der Waals surface area contributed by atoms with Crippen molar-refractivity contribution >= 4 is 17.3 Å². The Morgan fingerprint density at radius 2 is 2.15 bits per heavy atom. The maximum absolute atomic E-state index is 11.8. The van der Waals surface area contributed by atoms with Gasteiger partial charge in [0.05, 0.1) is 7.11 Å². The molecule has 0 bridgehead atoms. The maximum atomic E-state index is 11.8. The van der Waals surface area contributed by atoms with E-state index in [-0.39, 0.29) is 17.9 Å². The molecule has 0 fully saturated rings. The molecule has 1 atom stereocenters. The van der Waals surface area contributed by atoms with Gasteiger partial charge in [-0.2, -0.15) is 0 Å². The molecule has 0 aliphatic carbocycles. The van der Waals surface area contributed by atoms with E-state index in [1.807, 2.05) is 19.9 Å². The summed E-state index contributed by atoms with van der Waals surface area (Å²) in [7, 11) is 3.55. The molecule has 1 unspecified atom stereocenters. The summed E-state index contributed by atoms with van der Waals surface area (Å²) in [6.45, 7) is 5.14. The highest BCUT2D eigenvalue weighted by molar-refractivity contribution is 5.80. The lowest BCUT2D eigenvalue weighted by Gasteiger charge is -2.28. The van der Waals surface area contributed by atoms with Crippen LogP contribution in [0.2, 0.25) is 0 Å². The molecule has 1 aromatic rings. The van der Waals surface area contributed by atoms with E-state index in [1.54, 1.807) is 0 Å². The fourth-order valence-corrected chi connectivity index (χ4v) is 2.68. The third kappa shape index (κ3) is 3.06. The summed E-state index contributed by atoms with van der Waals surface area (Å²) >= 11 is 0. The average molecular weight is 276 g/mol. The van der Waals surface area contributed by atoms with Crippen LogP contribution < -0.4 is 10.2 Å². The largest absolute Gasteiger partial charge is 0.467 e. The SMILES string of the molecule is COC(=O)C(Nc1ccc2c(c1)CCCN2C)C(C)C. The van der Waals surface area contributed by atoms with Gasteiger partial charge in [0.25, 0.3) is 0 Å². The van der Waals surface area contributed by atoms with E-state index in [1.165, 1.54) is 24.8 Å². The van der Waals surface area contributed by atoms with Crippen LogP contribution in [0.3, 0.4) is 0 Å². The molecule has 0 aromatic heterocycles. The molecule has 110 valence electrons. The summed E-state index contributed by atoms with van der Waals surface area (Å²) in [5.41, 5.74) is 3.63. The maximum Gasteiger partial charge on any atom is 0.328 e. The Morgan fingerprint density at radius 3 is 2.80 bits per heavy atom. The van der Waals surface area contributed by atoms with E-state index in [2.05, 4.69) is 29.4 Å². The van der Waals surface area contributed by atoms with E-state index in [0.717, 1.165) is 18.7 Å². The first-order valence-corrected chi connectivity index (χ1v) is 7.21. The van der Waals surface area contributed by atoms with Crippen molar-refractivity contribution in [1.82, 2.24) is 0 Å². The molecule has 0 amide bonds. The quantitative estimate of drug-likeness (QED) is 0.859.